The van der Waals surface area contributed by atoms with Gasteiger partial charge in [0.05, 0.1) is 6.20 Å². The molecule has 1 unspecified atom stereocenters. The first-order chi connectivity index (χ1) is 14.7. The third-order valence-corrected chi connectivity index (χ3v) is 4.43. The van der Waals surface area contributed by atoms with Crippen molar-refractivity contribution in [3.05, 3.63) is 96.1 Å². The Morgan fingerprint density at radius 1 is 0.967 bits per heavy atom. The van der Waals surface area contributed by atoms with Gasteiger partial charge in [-0.3, -0.25) is 14.6 Å². The Labute approximate surface area is 174 Å². The second kappa shape index (κ2) is 9.11. The van der Waals surface area contributed by atoms with E-state index in [2.05, 4.69) is 10.5 Å². The van der Waals surface area contributed by atoms with Crippen LogP contribution in [-0.2, 0) is 16.1 Å². The molecule has 3 aromatic rings. The number of primary amides is 1. The number of nitrogens with one attached hydrogen (secondary N) is 1. The van der Waals surface area contributed by atoms with Crippen LogP contribution in [-0.4, -0.2) is 10.9 Å². The molecule has 0 saturated heterocycles. The van der Waals surface area contributed by atoms with E-state index in [0.29, 0.717) is 18.1 Å². The molecule has 7 heteroatoms. The largest absolute Gasteiger partial charge is 0.457 e. The van der Waals surface area contributed by atoms with Crippen LogP contribution in [0.25, 0.3) is 0 Å². The Kier molecular flexibility index (Phi) is 5.91. The predicted octanol–water partition coefficient (Wildman–Crippen LogP) is 3.79. The molecule has 4 rings (SSSR count). The number of para-hydroxylation sites is 1. The molecule has 1 aliphatic rings. The highest BCUT2D eigenvalue weighted by Gasteiger charge is 2.20. The van der Waals surface area contributed by atoms with Gasteiger partial charge >= 0.3 is 0 Å². The smallest absolute Gasteiger partial charge is 0.217 e. The van der Waals surface area contributed by atoms with Gasteiger partial charge in [0, 0.05) is 18.2 Å². The Morgan fingerprint density at radius 2 is 1.70 bits per heavy atom. The van der Waals surface area contributed by atoms with Crippen LogP contribution in [0.1, 0.15) is 23.8 Å². The fourth-order valence-corrected chi connectivity index (χ4v) is 2.89. The standard InChI is InChI=1S/C23H21N3O4/c24-22(27)13-9-17-8-12-20(15-25-17)29-23-14-21(30-26-23)16-6-10-19(11-7-16)28-18-4-2-1-3-5-18/h1-8,10-12,14-15,21,26H,9,13H2,(H2,24,27). The Morgan fingerprint density at radius 3 is 2.40 bits per heavy atom. The van der Waals surface area contributed by atoms with Gasteiger partial charge < -0.3 is 15.2 Å². The van der Waals surface area contributed by atoms with Crippen LogP contribution in [0, 0.1) is 0 Å². The van der Waals surface area contributed by atoms with Crippen molar-refractivity contribution in [2.45, 2.75) is 18.9 Å². The topological polar surface area (TPSA) is 95.7 Å². The number of carbonyl (C=O) groups excluding carboxylic acids is 1. The molecular formula is C23H21N3O4. The molecule has 1 aromatic heterocycles. The summed E-state index contributed by atoms with van der Waals surface area (Å²) in [6, 6.07) is 20.9. The van der Waals surface area contributed by atoms with Gasteiger partial charge in [0.15, 0.2) is 0 Å². The molecule has 1 atom stereocenters. The van der Waals surface area contributed by atoms with E-state index in [9.17, 15) is 4.79 Å². The van der Waals surface area contributed by atoms with E-state index in [-0.39, 0.29) is 18.4 Å². The predicted molar refractivity (Wildman–Crippen MR) is 110 cm³/mol. The lowest BCUT2D eigenvalue weighted by Gasteiger charge is -2.09. The summed E-state index contributed by atoms with van der Waals surface area (Å²) in [5.41, 5.74) is 9.68. The van der Waals surface area contributed by atoms with Crippen molar-refractivity contribution in [3.8, 4) is 17.2 Å². The van der Waals surface area contributed by atoms with Crippen molar-refractivity contribution in [1.29, 1.82) is 0 Å². The number of nitrogens with zero attached hydrogens (tertiary/aromatic N) is 1. The summed E-state index contributed by atoms with van der Waals surface area (Å²) in [4.78, 5) is 20.7. The van der Waals surface area contributed by atoms with Gasteiger partial charge in [-0.1, -0.05) is 30.3 Å². The van der Waals surface area contributed by atoms with Crippen LogP contribution >= 0.6 is 0 Å². The summed E-state index contributed by atoms with van der Waals surface area (Å²) >= 11 is 0. The molecule has 1 amide bonds. The number of benzene rings is 2. The van der Waals surface area contributed by atoms with Crippen LogP contribution in [0.5, 0.6) is 17.2 Å². The maximum Gasteiger partial charge on any atom is 0.217 e. The normalized spacial score (nSPS) is 15.2. The lowest BCUT2D eigenvalue weighted by atomic mass is 10.1. The van der Waals surface area contributed by atoms with E-state index in [1.807, 2.05) is 60.7 Å². The van der Waals surface area contributed by atoms with Crippen LogP contribution < -0.4 is 20.7 Å². The van der Waals surface area contributed by atoms with Gasteiger partial charge in [0.1, 0.15) is 23.4 Å². The highest BCUT2D eigenvalue weighted by atomic mass is 16.7. The number of hydroxylamine groups is 1. The molecule has 2 aromatic carbocycles. The first-order valence-corrected chi connectivity index (χ1v) is 9.53. The summed E-state index contributed by atoms with van der Waals surface area (Å²) in [5.74, 6) is 2.23. The molecular weight excluding hydrogens is 382 g/mol. The van der Waals surface area contributed by atoms with Gasteiger partial charge in [0.2, 0.25) is 11.8 Å². The third-order valence-electron chi connectivity index (χ3n) is 4.43. The average molecular weight is 403 g/mol. The molecule has 0 radical (unpaired) electrons. The zero-order valence-corrected chi connectivity index (χ0v) is 16.2. The Balaban J connectivity index is 1.34. The van der Waals surface area contributed by atoms with E-state index < -0.39 is 0 Å². The number of aryl methyl sites for hydroxylation is 1. The minimum absolute atomic E-state index is 0.268. The molecule has 3 N–H and O–H groups in total. The molecule has 0 fully saturated rings. The quantitative estimate of drug-likeness (QED) is 0.594. The number of ether oxygens (including phenoxy) is 2. The monoisotopic (exact) mass is 403 g/mol. The third kappa shape index (κ3) is 5.15. The van der Waals surface area contributed by atoms with Crippen molar-refractivity contribution in [2.75, 3.05) is 0 Å². The van der Waals surface area contributed by atoms with Crippen molar-refractivity contribution >= 4 is 5.91 Å². The highest BCUT2D eigenvalue weighted by Crippen LogP contribution is 2.28. The lowest BCUT2D eigenvalue weighted by Crippen LogP contribution is -2.13. The molecule has 30 heavy (non-hydrogen) atoms. The van der Waals surface area contributed by atoms with E-state index >= 15 is 0 Å². The van der Waals surface area contributed by atoms with E-state index in [1.165, 1.54) is 0 Å². The summed E-state index contributed by atoms with van der Waals surface area (Å²) in [7, 11) is 0. The summed E-state index contributed by atoms with van der Waals surface area (Å²) in [6.45, 7) is 0. The molecule has 152 valence electrons. The van der Waals surface area contributed by atoms with Crippen molar-refractivity contribution in [3.63, 3.8) is 0 Å². The zero-order chi connectivity index (χ0) is 20.8. The second-order valence-electron chi connectivity index (χ2n) is 6.71. The van der Waals surface area contributed by atoms with Crippen LogP contribution in [0.4, 0.5) is 0 Å². The Hall–Kier alpha value is -3.84. The van der Waals surface area contributed by atoms with Crippen LogP contribution in [0.2, 0.25) is 0 Å². The molecule has 0 bridgehead atoms. The molecule has 0 saturated carbocycles. The number of hydrogen-bond donors (Lipinski definition) is 2. The second-order valence-corrected chi connectivity index (χ2v) is 6.71. The zero-order valence-electron chi connectivity index (χ0n) is 16.2. The molecule has 2 heterocycles. The van der Waals surface area contributed by atoms with Gasteiger partial charge in [-0.25, -0.2) is 5.48 Å². The van der Waals surface area contributed by atoms with Crippen LogP contribution in [0.15, 0.2) is 84.9 Å². The average Bonchev–Trinajstić information content (AvgIpc) is 3.23. The number of aromatic nitrogens is 1. The van der Waals surface area contributed by atoms with E-state index in [0.717, 1.165) is 22.8 Å². The van der Waals surface area contributed by atoms with Crippen molar-refractivity contribution < 1.29 is 19.1 Å². The first kappa shape index (κ1) is 19.5. The first-order valence-electron chi connectivity index (χ1n) is 9.53. The number of pyridine rings is 1. The number of hydrogen-bond acceptors (Lipinski definition) is 6. The SMILES string of the molecule is NC(=O)CCc1ccc(OC2=CC(c3ccc(Oc4ccccc4)cc3)ON2)cn1. The van der Waals surface area contributed by atoms with Gasteiger partial charge in [-0.2, -0.15) is 0 Å². The number of carbonyl (C=O) groups is 1. The Bertz CT molecular complexity index is 1020. The van der Waals surface area contributed by atoms with Crippen molar-refractivity contribution in [1.82, 2.24) is 10.5 Å². The maximum atomic E-state index is 10.9. The summed E-state index contributed by atoms with van der Waals surface area (Å²) in [5, 5.41) is 0. The van der Waals surface area contributed by atoms with Gasteiger partial charge in [-0.05, 0) is 48.4 Å². The molecule has 7 nitrogen and oxygen atoms in total. The van der Waals surface area contributed by atoms with Crippen molar-refractivity contribution in [2.24, 2.45) is 5.73 Å². The molecule has 0 spiro atoms. The van der Waals surface area contributed by atoms with E-state index in [1.54, 1.807) is 18.3 Å². The number of nitrogens with two attached hydrogens (primary N) is 1. The van der Waals surface area contributed by atoms with Gasteiger partial charge in [0.25, 0.3) is 0 Å². The lowest BCUT2D eigenvalue weighted by molar-refractivity contribution is -0.118. The number of rotatable bonds is 8. The molecule has 0 aliphatic carbocycles. The minimum atomic E-state index is -0.347. The molecule has 1 aliphatic heterocycles. The van der Waals surface area contributed by atoms with Crippen LogP contribution in [0.3, 0.4) is 0 Å². The fourth-order valence-electron chi connectivity index (χ4n) is 2.89. The maximum absolute atomic E-state index is 10.9. The minimum Gasteiger partial charge on any atom is -0.457 e. The van der Waals surface area contributed by atoms with Gasteiger partial charge in [-0.15, -0.1) is 0 Å². The number of amides is 1. The summed E-state index contributed by atoms with van der Waals surface area (Å²) < 4.78 is 11.6. The summed E-state index contributed by atoms with van der Waals surface area (Å²) in [6.07, 6.45) is 3.93. The van der Waals surface area contributed by atoms with E-state index in [4.69, 9.17) is 20.0 Å². The highest BCUT2D eigenvalue weighted by molar-refractivity contribution is 5.73. The fraction of sp³-hybridized carbons (Fsp3) is 0.130.